The van der Waals surface area contributed by atoms with Gasteiger partial charge in [0.1, 0.15) is 39.1 Å². The predicted octanol–water partition coefficient (Wildman–Crippen LogP) is 12.7. The van der Waals surface area contributed by atoms with E-state index in [1.165, 1.54) is 0 Å². The Morgan fingerprint density at radius 2 is 0.877 bits per heavy atom. The monoisotopic (exact) mass is 733 g/mol. The summed E-state index contributed by atoms with van der Waals surface area (Å²) in [7, 11) is 0. The van der Waals surface area contributed by atoms with E-state index in [-0.39, 0.29) is 0 Å². The molecule has 8 heteroatoms. The van der Waals surface area contributed by atoms with Gasteiger partial charge in [0.15, 0.2) is 28.9 Å². The van der Waals surface area contributed by atoms with E-state index in [4.69, 9.17) is 38.2 Å². The minimum Gasteiger partial charge on any atom is -0.456 e. The van der Waals surface area contributed by atoms with E-state index in [1.54, 1.807) is 0 Å². The first kappa shape index (κ1) is 31.4. The number of benzene rings is 7. The Morgan fingerprint density at radius 1 is 0.316 bits per heavy atom. The highest BCUT2D eigenvalue weighted by molar-refractivity contribution is 6.17. The van der Waals surface area contributed by atoms with Crippen LogP contribution in [0.5, 0.6) is 0 Å². The summed E-state index contributed by atoms with van der Waals surface area (Å²) in [5.41, 5.74) is 9.96. The number of rotatable bonds is 5. The van der Waals surface area contributed by atoms with E-state index >= 15 is 0 Å². The molecule has 0 aliphatic rings. The molecular weight excluding hydrogens is 707 g/mol. The van der Waals surface area contributed by atoms with Crippen molar-refractivity contribution in [2.45, 2.75) is 0 Å². The molecule has 57 heavy (non-hydrogen) atoms. The molecule has 0 amide bonds. The number of hydrogen-bond donors (Lipinski definition) is 0. The third kappa shape index (κ3) is 4.97. The van der Waals surface area contributed by atoms with Crippen molar-refractivity contribution in [1.29, 1.82) is 0 Å². The summed E-state index contributed by atoms with van der Waals surface area (Å²) >= 11 is 0. The zero-order valence-corrected chi connectivity index (χ0v) is 30.0. The van der Waals surface area contributed by atoms with Gasteiger partial charge in [-0.05, 0) is 48.5 Å². The third-order valence-corrected chi connectivity index (χ3v) is 10.6. The summed E-state index contributed by atoms with van der Waals surface area (Å²) in [6.07, 6.45) is 0. The van der Waals surface area contributed by atoms with Crippen molar-refractivity contribution in [3.05, 3.63) is 164 Å². The molecular formula is C49H27N5O3. The zero-order chi connectivity index (χ0) is 37.5. The highest BCUT2D eigenvalue weighted by Crippen LogP contribution is 2.43. The number of para-hydroxylation sites is 3. The Hall–Kier alpha value is -7.97. The topological polar surface area (TPSA) is 104 Å². The molecule has 12 aromatic rings. The lowest BCUT2D eigenvalue weighted by Gasteiger charge is -2.09. The molecule has 0 atom stereocenters. The van der Waals surface area contributed by atoms with Crippen LogP contribution in [-0.2, 0) is 0 Å². The van der Waals surface area contributed by atoms with E-state index < -0.39 is 0 Å². The summed E-state index contributed by atoms with van der Waals surface area (Å²) in [5.74, 6) is 2.30. The van der Waals surface area contributed by atoms with Gasteiger partial charge in [-0.25, -0.2) is 24.9 Å². The van der Waals surface area contributed by atoms with Crippen molar-refractivity contribution in [3.63, 3.8) is 0 Å². The standard InChI is InChI=1S/C49H27N5O3/c1-3-13-28(14-4-1)46-52-47(29-15-5-2-6-16-29)54-49(53-46)34-20-12-24-40-41(34)33-19-11-21-35(44(33)57-40)43-45-42(32-18-8-10-23-38(32)56-45)50-48(51-43)30-25-26-39-36(27-30)31-17-7-9-22-37(31)55-39/h1-27H. The third-order valence-electron chi connectivity index (χ3n) is 10.6. The largest absolute Gasteiger partial charge is 0.456 e. The van der Waals surface area contributed by atoms with Gasteiger partial charge in [0.05, 0.1) is 0 Å². The molecule has 0 saturated carbocycles. The van der Waals surface area contributed by atoms with Crippen LogP contribution in [0.1, 0.15) is 0 Å². The SMILES string of the molecule is c1ccc(-c2nc(-c3ccccc3)nc(-c3cccc4oc5c(-c6nc(-c7ccc8oc9ccccc9c8c7)nc7c6oc6ccccc67)cccc5c34)n2)cc1. The fraction of sp³-hybridized carbons (Fsp3) is 0. The van der Waals surface area contributed by atoms with Gasteiger partial charge in [0.2, 0.25) is 0 Å². The molecule has 0 N–H and O–H groups in total. The number of furan rings is 3. The Kier molecular flexibility index (Phi) is 6.76. The summed E-state index contributed by atoms with van der Waals surface area (Å²) in [6.45, 7) is 0. The van der Waals surface area contributed by atoms with E-state index in [9.17, 15) is 0 Å². The first-order valence-corrected chi connectivity index (χ1v) is 18.7. The highest BCUT2D eigenvalue weighted by Gasteiger charge is 2.24. The number of hydrogen-bond acceptors (Lipinski definition) is 8. The molecule has 12 rings (SSSR count). The summed E-state index contributed by atoms with van der Waals surface area (Å²) in [5, 5.41) is 4.74. The average molecular weight is 734 g/mol. The van der Waals surface area contributed by atoms with Crippen LogP contribution in [0.25, 0.3) is 123 Å². The zero-order valence-electron chi connectivity index (χ0n) is 30.0. The lowest BCUT2D eigenvalue weighted by molar-refractivity contribution is 0.663. The van der Waals surface area contributed by atoms with Crippen molar-refractivity contribution < 1.29 is 13.3 Å². The minimum atomic E-state index is 0.549. The maximum Gasteiger partial charge on any atom is 0.180 e. The lowest BCUT2D eigenvalue weighted by atomic mass is 10.0. The number of nitrogens with zero attached hydrogens (tertiary/aromatic N) is 5. The van der Waals surface area contributed by atoms with Crippen molar-refractivity contribution in [2.24, 2.45) is 0 Å². The molecule has 0 saturated heterocycles. The second-order valence-electron chi connectivity index (χ2n) is 14.0. The molecule has 0 bridgehead atoms. The van der Waals surface area contributed by atoms with Gasteiger partial charge in [-0.1, -0.05) is 115 Å². The van der Waals surface area contributed by atoms with Gasteiger partial charge in [0, 0.05) is 54.7 Å². The first-order valence-electron chi connectivity index (χ1n) is 18.7. The van der Waals surface area contributed by atoms with Gasteiger partial charge in [-0.3, -0.25) is 0 Å². The van der Waals surface area contributed by atoms with Gasteiger partial charge >= 0.3 is 0 Å². The average Bonchev–Trinajstić information content (AvgIpc) is 3.98. The lowest BCUT2D eigenvalue weighted by Crippen LogP contribution is -2.00. The maximum atomic E-state index is 6.81. The van der Waals surface area contributed by atoms with Crippen LogP contribution in [0.3, 0.4) is 0 Å². The van der Waals surface area contributed by atoms with E-state index in [0.29, 0.717) is 45.7 Å². The van der Waals surface area contributed by atoms with Crippen LogP contribution in [0.4, 0.5) is 0 Å². The molecule has 5 heterocycles. The second kappa shape index (κ2) is 12.3. The molecule has 5 aromatic heterocycles. The molecule has 0 aliphatic heterocycles. The fourth-order valence-electron chi connectivity index (χ4n) is 7.92. The summed E-state index contributed by atoms with van der Waals surface area (Å²) in [6, 6.07) is 54.2. The Labute approximate surface area is 323 Å². The van der Waals surface area contributed by atoms with Crippen molar-refractivity contribution in [3.8, 4) is 56.8 Å². The van der Waals surface area contributed by atoms with Crippen LogP contribution in [0.15, 0.2) is 177 Å². The van der Waals surface area contributed by atoms with E-state index in [1.807, 2.05) is 146 Å². The number of fused-ring (bicyclic) bond motifs is 9. The molecule has 7 aromatic carbocycles. The Balaban J connectivity index is 1.09. The second-order valence-corrected chi connectivity index (χ2v) is 14.0. The predicted molar refractivity (Wildman–Crippen MR) is 224 cm³/mol. The van der Waals surface area contributed by atoms with Crippen molar-refractivity contribution in [2.75, 3.05) is 0 Å². The Bertz CT molecular complexity index is 3480. The molecule has 0 unspecified atom stereocenters. The van der Waals surface area contributed by atoms with Gasteiger partial charge in [-0.2, -0.15) is 0 Å². The van der Waals surface area contributed by atoms with E-state index in [2.05, 4.69) is 18.2 Å². The van der Waals surface area contributed by atoms with Crippen LogP contribution in [0, 0.1) is 0 Å². The van der Waals surface area contributed by atoms with Gasteiger partial charge in [-0.15, -0.1) is 0 Å². The van der Waals surface area contributed by atoms with Crippen LogP contribution in [0.2, 0.25) is 0 Å². The summed E-state index contributed by atoms with van der Waals surface area (Å²) < 4.78 is 19.5. The van der Waals surface area contributed by atoms with Gasteiger partial charge in [0.25, 0.3) is 0 Å². The fourth-order valence-corrected chi connectivity index (χ4v) is 7.92. The molecule has 0 aliphatic carbocycles. The maximum absolute atomic E-state index is 6.81. The summed E-state index contributed by atoms with van der Waals surface area (Å²) in [4.78, 5) is 25.4. The Morgan fingerprint density at radius 3 is 1.65 bits per heavy atom. The first-order chi connectivity index (χ1) is 28.2. The van der Waals surface area contributed by atoms with E-state index in [0.717, 1.165) is 77.0 Å². The van der Waals surface area contributed by atoms with Gasteiger partial charge < -0.3 is 13.3 Å². The van der Waals surface area contributed by atoms with Crippen LogP contribution in [-0.4, -0.2) is 24.9 Å². The van der Waals surface area contributed by atoms with Crippen molar-refractivity contribution in [1.82, 2.24) is 24.9 Å². The smallest absolute Gasteiger partial charge is 0.180 e. The molecule has 0 spiro atoms. The van der Waals surface area contributed by atoms with Crippen molar-refractivity contribution >= 4 is 65.9 Å². The molecule has 266 valence electrons. The normalized spacial score (nSPS) is 11.9. The highest BCUT2D eigenvalue weighted by atomic mass is 16.3. The van der Waals surface area contributed by atoms with Crippen LogP contribution >= 0.6 is 0 Å². The molecule has 0 radical (unpaired) electrons. The number of aromatic nitrogens is 5. The quantitative estimate of drug-likeness (QED) is 0.172. The van der Waals surface area contributed by atoms with Crippen LogP contribution < -0.4 is 0 Å². The molecule has 0 fully saturated rings. The minimum absolute atomic E-state index is 0.549. The molecule has 8 nitrogen and oxygen atoms in total.